The second-order valence-corrected chi connectivity index (χ2v) is 3.06. The summed E-state index contributed by atoms with van der Waals surface area (Å²) < 4.78 is 0. The Bertz CT molecular complexity index is 308. The lowest BCUT2D eigenvalue weighted by Crippen LogP contribution is -2.08. The summed E-state index contributed by atoms with van der Waals surface area (Å²) in [7, 11) is 0. The molecule has 1 aliphatic rings. The zero-order chi connectivity index (χ0) is 14.4. The fraction of sp³-hybridized carbons (Fsp3) is 0.562. The molecule has 1 aromatic rings. The van der Waals surface area contributed by atoms with Gasteiger partial charge in [0.15, 0.2) is 0 Å². The molecule has 2 heteroatoms. The lowest BCUT2D eigenvalue weighted by Gasteiger charge is -2.04. The van der Waals surface area contributed by atoms with E-state index in [0.29, 0.717) is 6.42 Å². The summed E-state index contributed by atoms with van der Waals surface area (Å²) in [6, 6.07) is 7.99. The molecule has 0 unspecified atom stereocenters. The number of para-hydroxylation sites is 1. The first-order valence-electron chi connectivity index (χ1n) is 7.24. The van der Waals surface area contributed by atoms with Crippen molar-refractivity contribution in [2.45, 2.75) is 60.8 Å². The van der Waals surface area contributed by atoms with Crippen LogP contribution < -0.4 is 5.32 Å². The Kier molecular flexibility index (Phi) is 14.5. The van der Waals surface area contributed by atoms with Gasteiger partial charge in [-0.3, -0.25) is 4.79 Å². The highest BCUT2D eigenvalue weighted by Crippen LogP contribution is 2.20. The molecule has 1 aliphatic heterocycles. The minimum Gasteiger partial charge on any atom is -0.326 e. The molecule has 0 saturated heterocycles. The SMILES string of the molecule is CC.CC.CC.O=C1CCCc2ccccc2N1. The first-order valence-corrected chi connectivity index (χ1v) is 7.24. The summed E-state index contributed by atoms with van der Waals surface area (Å²) in [5.74, 6) is 0.139. The van der Waals surface area contributed by atoms with Crippen LogP contribution in [0.2, 0.25) is 0 Å². The van der Waals surface area contributed by atoms with E-state index in [0.717, 1.165) is 18.5 Å². The van der Waals surface area contributed by atoms with Gasteiger partial charge in [-0.25, -0.2) is 0 Å². The number of hydrogen-bond donors (Lipinski definition) is 1. The van der Waals surface area contributed by atoms with Crippen LogP contribution in [-0.2, 0) is 11.2 Å². The largest absolute Gasteiger partial charge is 0.326 e. The summed E-state index contributed by atoms with van der Waals surface area (Å²) in [5.41, 5.74) is 2.24. The van der Waals surface area contributed by atoms with Crippen molar-refractivity contribution in [3.8, 4) is 0 Å². The van der Waals surface area contributed by atoms with Crippen molar-refractivity contribution in [1.29, 1.82) is 0 Å². The standard InChI is InChI=1S/C10H11NO.3C2H6/c12-10-7-3-5-8-4-1-2-6-9(8)11-10;3*1-2/h1-2,4,6H,3,5,7H2,(H,11,12);3*1-2H3. The summed E-state index contributed by atoms with van der Waals surface area (Å²) >= 11 is 0. The maximum Gasteiger partial charge on any atom is 0.224 e. The maximum atomic E-state index is 11.1. The molecule has 0 bridgehead atoms. The summed E-state index contributed by atoms with van der Waals surface area (Å²) in [6.45, 7) is 12.0. The topological polar surface area (TPSA) is 29.1 Å². The van der Waals surface area contributed by atoms with Crippen LogP contribution in [0.25, 0.3) is 0 Å². The van der Waals surface area contributed by atoms with Gasteiger partial charge in [0.1, 0.15) is 0 Å². The Morgan fingerprint density at radius 3 is 2.06 bits per heavy atom. The number of fused-ring (bicyclic) bond motifs is 1. The molecule has 1 heterocycles. The van der Waals surface area contributed by atoms with Crippen LogP contribution in [0.1, 0.15) is 59.9 Å². The highest BCUT2D eigenvalue weighted by molar-refractivity contribution is 5.92. The molecule has 2 nitrogen and oxygen atoms in total. The third kappa shape index (κ3) is 7.10. The van der Waals surface area contributed by atoms with Crippen LogP contribution in [0.4, 0.5) is 5.69 Å². The number of carbonyl (C=O) groups is 1. The Balaban J connectivity index is 0. The fourth-order valence-electron chi connectivity index (χ4n) is 1.51. The second-order valence-electron chi connectivity index (χ2n) is 3.06. The molecule has 0 fully saturated rings. The van der Waals surface area contributed by atoms with Crippen molar-refractivity contribution in [2.24, 2.45) is 0 Å². The molecular formula is C16H29NO. The molecule has 0 saturated carbocycles. The lowest BCUT2D eigenvalue weighted by molar-refractivity contribution is -0.116. The highest BCUT2D eigenvalue weighted by atomic mass is 16.1. The molecule has 1 amide bonds. The fourth-order valence-corrected chi connectivity index (χ4v) is 1.51. The predicted molar refractivity (Wildman–Crippen MR) is 82.1 cm³/mol. The van der Waals surface area contributed by atoms with Gasteiger partial charge < -0.3 is 5.32 Å². The van der Waals surface area contributed by atoms with Gasteiger partial charge in [0.2, 0.25) is 5.91 Å². The smallest absolute Gasteiger partial charge is 0.224 e. The van der Waals surface area contributed by atoms with Crippen LogP contribution in [0.15, 0.2) is 24.3 Å². The van der Waals surface area contributed by atoms with E-state index in [2.05, 4.69) is 11.4 Å². The van der Waals surface area contributed by atoms with Crippen molar-refractivity contribution >= 4 is 11.6 Å². The quantitative estimate of drug-likeness (QED) is 0.687. The third-order valence-corrected chi connectivity index (χ3v) is 2.14. The zero-order valence-electron chi connectivity index (χ0n) is 12.8. The van der Waals surface area contributed by atoms with E-state index in [-0.39, 0.29) is 5.91 Å². The minimum atomic E-state index is 0.139. The molecule has 1 aromatic carbocycles. The average Bonchev–Trinajstić information content (AvgIpc) is 2.66. The number of hydrogen-bond acceptors (Lipinski definition) is 1. The molecule has 0 aromatic heterocycles. The van der Waals surface area contributed by atoms with E-state index in [1.165, 1.54) is 5.56 Å². The first-order chi connectivity index (χ1) is 8.86. The van der Waals surface area contributed by atoms with Crippen molar-refractivity contribution in [3.63, 3.8) is 0 Å². The van der Waals surface area contributed by atoms with Crippen molar-refractivity contribution in [3.05, 3.63) is 29.8 Å². The molecule has 0 atom stereocenters. The van der Waals surface area contributed by atoms with Crippen LogP contribution in [0.5, 0.6) is 0 Å². The van der Waals surface area contributed by atoms with E-state index in [4.69, 9.17) is 0 Å². The molecule has 2 rings (SSSR count). The lowest BCUT2D eigenvalue weighted by atomic mass is 10.1. The normalized spacial score (nSPS) is 11.8. The third-order valence-electron chi connectivity index (χ3n) is 2.14. The molecule has 0 radical (unpaired) electrons. The van der Waals surface area contributed by atoms with Gasteiger partial charge in [-0.05, 0) is 24.5 Å². The molecule has 104 valence electrons. The van der Waals surface area contributed by atoms with Crippen LogP contribution in [0, 0.1) is 0 Å². The Morgan fingerprint density at radius 2 is 1.44 bits per heavy atom. The monoisotopic (exact) mass is 251 g/mol. The first kappa shape index (κ1) is 19.0. The molecule has 0 spiro atoms. The van der Waals surface area contributed by atoms with Gasteiger partial charge in [-0.2, -0.15) is 0 Å². The van der Waals surface area contributed by atoms with Gasteiger partial charge in [-0.15, -0.1) is 0 Å². The van der Waals surface area contributed by atoms with Crippen molar-refractivity contribution < 1.29 is 4.79 Å². The van der Waals surface area contributed by atoms with E-state index in [1.807, 2.05) is 59.7 Å². The second kappa shape index (κ2) is 13.8. The Hall–Kier alpha value is -1.31. The van der Waals surface area contributed by atoms with E-state index in [9.17, 15) is 4.79 Å². The highest BCUT2D eigenvalue weighted by Gasteiger charge is 2.10. The van der Waals surface area contributed by atoms with Crippen LogP contribution >= 0.6 is 0 Å². The maximum absolute atomic E-state index is 11.1. The summed E-state index contributed by atoms with van der Waals surface area (Å²) in [5, 5.41) is 2.88. The molecular weight excluding hydrogens is 222 g/mol. The van der Waals surface area contributed by atoms with Crippen LogP contribution in [0.3, 0.4) is 0 Å². The molecule has 0 aliphatic carbocycles. The number of nitrogens with one attached hydrogen (secondary N) is 1. The number of anilines is 1. The number of benzene rings is 1. The number of amides is 1. The average molecular weight is 251 g/mol. The molecule has 18 heavy (non-hydrogen) atoms. The Labute approximate surface area is 113 Å². The number of carbonyl (C=O) groups excluding carboxylic acids is 1. The van der Waals surface area contributed by atoms with Gasteiger partial charge in [0.05, 0.1) is 0 Å². The van der Waals surface area contributed by atoms with E-state index >= 15 is 0 Å². The zero-order valence-corrected chi connectivity index (χ0v) is 12.8. The van der Waals surface area contributed by atoms with Gasteiger partial charge >= 0.3 is 0 Å². The van der Waals surface area contributed by atoms with E-state index in [1.54, 1.807) is 0 Å². The predicted octanol–water partition coefficient (Wildman–Crippen LogP) is 5.04. The summed E-state index contributed by atoms with van der Waals surface area (Å²) in [4.78, 5) is 11.1. The van der Waals surface area contributed by atoms with E-state index < -0.39 is 0 Å². The van der Waals surface area contributed by atoms with Crippen molar-refractivity contribution in [2.75, 3.05) is 5.32 Å². The van der Waals surface area contributed by atoms with Crippen molar-refractivity contribution in [1.82, 2.24) is 0 Å². The van der Waals surface area contributed by atoms with Gasteiger partial charge in [-0.1, -0.05) is 59.7 Å². The van der Waals surface area contributed by atoms with Gasteiger partial charge in [0, 0.05) is 12.1 Å². The minimum absolute atomic E-state index is 0.139. The number of aryl methyl sites for hydroxylation is 1. The number of rotatable bonds is 0. The van der Waals surface area contributed by atoms with Crippen LogP contribution in [-0.4, -0.2) is 5.91 Å². The Morgan fingerprint density at radius 1 is 0.889 bits per heavy atom. The molecule has 1 N–H and O–H groups in total. The summed E-state index contributed by atoms with van der Waals surface area (Å²) in [6.07, 6.45) is 2.62. The van der Waals surface area contributed by atoms with Gasteiger partial charge in [0.25, 0.3) is 0 Å².